The summed E-state index contributed by atoms with van der Waals surface area (Å²) in [6, 6.07) is 5.44. The van der Waals surface area contributed by atoms with Gasteiger partial charge in [0.1, 0.15) is 5.41 Å². The van der Waals surface area contributed by atoms with Crippen LogP contribution in [0.25, 0.3) is 0 Å². The second kappa shape index (κ2) is 7.74. The minimum atomic E-state index is -4.93. The average Bonchev–Trinajstić information content (AvgIpc) is 2.65. The van der Waals surface area contributed by atoms with Gasteiger partial charge in [-0.05, 0) is 56.2 Å². The molecule has 0 unspecified atom stereocenters. The van der Waals surface area contributed by atoms with Crippen LogP contribution < -0.4 is 0 Å². The summed E-state index contributed by atoms with van der Waals surface area (Å²) in [5.41, 5.74) is -5.29. The van der Waals surface area contributed by atoms with Gasteiger partial charge in [-0.2, -0.15) is 13.2 Å². The maximum absolute atomic E-state index is 14.3. The second-order valence-electron chi connectivity index (χ2n) is 6.87. The zero-order valence-corrected chi connectivity index (χ0v) is 16.1. The van der Waals surface area contributed by atoms with Gasteiger partial charge in [0.2, 0.25) is 0 Å². The standard InChI is InChI=1S/C21H17F3O6/c1-10(25)16-8-12(4-6-14(16)18(27)28)20(3,21(22,23)24)13-5-7-15(19(29)30)17(9-13)11(2)26/h4-9H,1-3H3,(H,27,28)(H,29,30). The summed E-state index contributed by atoms with van der Waals surface area (Å²) in [6.07, 6.45) is -4.93. The number of carboxylic acids is 2. The van der Waals surface area contributed by atoms with Crippen molar-refractivity contribution in [2.45, 2.75) is 32.4 Å². The van der Waals surface area contributed by atoms with E-state index in [0.717, 1.165) is 57.2 Å². The van der Waals surface area contributed by atoms with E-state index in [1.165, 1.54) is 0 Å². The smallest absolute Gasteiger partial charge is 0.402 e. The molecule has 0 heterocycles. The monoisotopic (exact) mass is 422 g/mol. The number of alkyl halides is 3. The summed E-state index contributed by atoms with van der Waals surface area (Å²) in [7, 11) is 0. The molecule has 2 aromatic rings. The Kier molecular flexibility index (Phi) is 5.88. The summed E-state index contributed by atoms with van der Waals surface area (Å²) >= 11 is 0. The van der Waals surface area contributed by atoms with E-state index in [1.54, 1.807) is 0 Å². The lowest BCUT2D eigenvalue weighted by molar-refractivity contribution is -0.173. The highest BCUT2D eigenvalue weighted by molar-refractivity contribution is 6.06. The number of carbonyl (C=O) groups excluding carboxylic acids is 2. The zero-order valence-electron chi connectivity index (χ0n) is 16.1. The number of Topliss-reactive ketones (excluding diaryl/α,β-unsaturated/α-hetero) is 2. The first-order valence-corrected chi connectivity index (χ1v) is 8.56. The number of hydrogen-bond donors (Lipinski definition) is 2. The maximum Gasteiger partial charge on any atom is 0.402 e. The molecule has 0 aliphatic carbocycles. The van der Waals surface area contributed by atoms with Crippen LogP contribution in [-0.2, 0) is 5.41 Å². The van der Waals surface area contributed by atoms with Crippen molar-refractivity contribution in [1.82, 2.24) is 0 Å². The van der Waals surface area contributed by atoms with Crippen LogP contribution in [0, 0.1) is 0 Å². The fourth-order valence-electron chi connectivity index (χ4n) is 3.16. The van der Waals surface area contributed by atoms with Crippen LogP contribution in [0.2, 0.25) is 0 Å². The third-order valence-corrected chi connectivity index (χ3v) is 4.98. The Morgan fingerprint density at radius 2 is 1.03 bits per heavy atom. The number of carbonyl (C=O) groups is 4. The lowest BCUT2D eigenvalue weighted by Gasteiger charge is -2.34. The quantitative estimate of drug-likeness (QED) is 0.670. The Bertz CT molecular complexity index is 993. The highest BCUT2D eigenvalue weighted by atomic mass is 19.4. The predicted octanol–water partition coefficient (Wildman–Crippen LogP) is 4.36. The van der Waals surface area contributed by atoms with Crippen molar-refractivity contribution < 1.29 is 42.6 Å². The molecule has 0 atom stereocenters. The molecule has 0 saturated heterocycles. The van der Waals surface area contributed by atoms with Crippen molar-refractivity contribution in [3.8, 4) is 0 Å². The van der Waals surface area contributed by atoms with E-state index in [-0.39, 0.29) is 0 Å². The Labute approximate surface area is 169 Å². The van der Waals surface area contributed by atoms with Crippen molar-refractivity contribution in [1.29, 1.82) is 0 Å². The van der Waals surface area contributed by atoms with Gasteiger partial charge >= 0.3 is 18.1 Å². The molecule has 0 aliphatic heterocycles. The van der Waals surface area contributed by atoms with Gasteiger partial charge in [0.05, 0.1) is 11.1 Å². The van der Waals surface area contributed by atoms with Gasteiger partial charge in [-0.25, -0.2) is 9.59 Å². The fourth-order valence-corrected chi connectivity index (χ4v) is 3.16. The Morgan fingerprint density at radius 3 is 1.27 bits per heavy atom. The molecule has 0 spiro atoms. The highest BCUT2D eigenvalue weighted by Crippen LogP contribution is 2.47. The number of hydrogen-bond acceptors (Lipinski definition) is 4. The molecule has 2 rings (SSSR count). The maximum atomic E-state index is 14.3. The summed E-state index contributed by atoms with van der Waals surface area (Å²) in [4.78, 5) is 46.3. The first kappa shape index (κ1) is 22.8. The topological polar surface area (TPSA) is 109 Å². The van der Waals surface area contributed by atoms with E-state index in [0.29, 0.717) is 0 Å². The van der Waals surface area contributed by atoms with Gasteiger partial charge in [-0.1, -0.05) is 12.1 Å². The molecular formula is C21H17F3O6. The molecule has 0 aliphatic rings. The summed E-state index contributed by atoms with van der Waals surface area (Å²) in [5.74, 6) is -4.40. The number of halogens is 3. The molecule has 30 heavy (non-hydrogen) atoms. The number of benzene rings is 2. The number of carboxylic acid groups (broad SMARTS) is 2. The molecule has 0 radical (unpaired) electrons. The second-order valence-corrected chi connectivity index (χ2v) is 6.87. The molecule has 9 heteroatoms. The lowest BCUT2D eigenvalue weighted by atomic mass is 9.73. The molecule has 0 saturated carbocycles. The molecule has 0 fully saturated rings. The van der Waals surface area contributed by atoms with Crippen LogP contribution in [0.1, 0.15) is 73.3 Å². The molecule has 6 nitrogen and oxygen atoms in total. The average molecular weight is 422 g/mol. The minimum absolute atomic E-state index is 0.399. The molecule has 2 aromatic carbocycles. The zero-order chi connectivity index (χ0) is 23.0. The molecule has 158 valence electrons. The summed E-state index contributed by atoms with van der Waals surface area (Å²) in [6.45, 7) is 2.88. The van der Waals surface area contributed by atoms with Gasteiger partial charge in [0.25, 0.3) is 0 Å². The van der Waals surface area contributed by atoms with Gasteiger partial charge < -0.3 is 10.2 Å². The van der Waals surface area contributed by atoms with Crippen LogP contribution in [0.3, 0.4) is 0 Å². The largest absolute Gasteiger partial charge is 0.478 e. The molecule has 0 bridgehead atoms. The number of rotatable bonds is 6. The third-order valence-electron chi connectivity index (χ3n) is 4.98. The molecule has 0 aromatic heterocycles. The molecule has 2 N–H and O–H groups in total. The Hall–Kier alpha value is -3.49. The van der Waals surface area contributed by atoms with E-state index < -0.39 is 68.5 Å². The first-order valence-electron chi connectivity index (χ1n) is 8.56. The summed E-state index contributed by atoms with van der Waals surface area (Å²) in [5, 5.41) is 18.4. The lowest BCUT2D eigenvalue weighted by Crippen LogP contribution is -2.41. The van der Waals surface area contributed by atoms with E-state index in [4.69, 9.17) is 0 Å². The van der Waals surface area contributed by atoms with E-state index >= 15 is 0 Å². The van der Waals surface area contributed by atoms with Crippen molar-refractivity contribution in [3.63, 3.8) is 0 Å². The first-order chi connectivity index (χ1) is 13.7. The van der Waals surface area contributed by atoms with Crippen molar-refractivity contribution >= 4 is 23.5 Å². The fraction of sp³-hybridized carbons (Fsp3) is 0.238. The van der Waals surface area contributed by atoms with Gasteiger partial charge in [0.15, 0.2) is 11.6 Å². The van der Waals surface area contributed by atoms with Gasteiger partial charge in [-0.15, -0.1) is 0 Å². The van der Waals surface area contributed by atoms with E-state index in [9.17, 15) is 42.6 Å². The highest BCUT2D eigenvalue weighted by Gasteiger charge is 2.54. The number of ketones is 2. The van der Waals surface area contributed by atoms with Gasteiger partial charge in [-0.3, -0.25) is 9.59 Å². The summed E-state index contributed by atoms with van der Waals surface area (Å²) < 4.78 is 42.8. The Balaban J connectivity index is 2.87. The van der Waals surface area contributed by atoms with Crippen LogP contribution in [-0.4, -0.2) is 39.9 Å². The SMILES string of the molecule is CC(=O)c1cc(C(C)(c2ccc(C(=O)O)c(C(C)=O)c2)C(F)(F)F)ccc1C(=O)O. The van der Waals surface area contributed by atoms with Crippen molar-refractivity contribution in [2.75, 3.05) is 0 Å². The molecular weight excluding hydrogens is 405 g/mol. The van der Waals surface area contributed by atoms with Crippen LogP contribution in [0.4, 0.5) is 13.2 Å². The van der Waals surface area contributed by atoms with Crippen molar-refractivity contribution in [2.24, 2.45) is 0 Å². The minimum Gasteiger partial charge on any atom is -0.478 e. The van der Waals surface area contributed by atoms with E-state index in [2.05, 4.69) is 0 Å². The van der Waals surface area contributed by atoms with E-state index in [1.807, 2.05) is 0 Å². The van der Waals surface area contributed by atoms with Crippen molar-refractivity contribution in [3.05, 3.63) is 69.8 Å². The Morgan fingerprint density at radius 1 is 0.700 bits per heavy atom. The van der Waals surface area contributed by atoms with Crippen LogP contribution in [0.5, 0.6) is 0 Å². The van der Waals surface area contributed by atoms with Crippen LogP contribution >= 0.6 is 0 Å². The predicted molar refractivity (Wildman–Crippen MR) is 99.3 cm³/mol. The normalized spacial score (nSPS) is 11.8. The molecule has 0 amide bonds. The third kappa shape index (κ3) is 3.83. The van der Waals surface area contributed by atoms with Gasteiger partial charge in [0, 0.05) is 11.1 Å². The number of aromatic carboxylic acids is 2. The van der Waals surface area contributed by atoms with Crippen LogP contribution in [0.15, 0.2) is 36.4 Å².